The molecule has 0 saturated carbocycles. The molecule has 2 aromatic carbocycles. The highest BCUT2D eigenvalue weighted by Crippen LogP contribution is 2.32. The van der Waals surface area contributed by atoms with Gasteiger partial charge in [-0.15, -0.1) is 0 Å². The number of aromatic nitrogens is 2. The maximum Gasteiger partial charge on any atom is 0.224 e. The van der Waals surface area contributed by atoms with Crippen molar-refractivity contribution in [3.63, 3.8) is 0 Å². The number of halogens is 1. The van der Waals surface area contributed by atoms with Crippen LogP contribution >= 0.6 is 11.6 Å². The summed E-state index contributed by atoms with van der Waals surface area (Å²) in [6, 6.07) is 15.6. The van der Waals surface area contributed by atoms with Gasteiger partial charge in [-0.2, -0.15) is 4.98 Å². The zero-order valence-electron chi connectivity index (χ0n) is 14.1. The SMILES string of the molecule is COc1cc(Cl)c(C)cc1Nc1ccnc(NCc2ccccc2)n1. The van der Waals surface area contributed by atoms with Gasteiger partial charge < -0.3 is 15.4 Å². The lowest BCUT2D eigenvalue weighted by atomic mass is 10.2. The van der Waals surface area contributed by atoms with E-state index in [1.165, 1.54) is 5.56 Å². The van der Waals surface area contributed by atoms with E-state index in [4.69, 9.17) is 16.3 Å². The number of methoxy groups -OCH3 is 1. The van der Waals surface area contributed by atoms with Crippen molar-refractivity contribution in [2.75, 3.05) is 17.7 Å². The standard InChI is InChI=1S/C19H19ClN4O/c1-13-10-16(17(25-2)11-15(13)20)23-18-8-9-21-19(24-18)22-12-14-6-4-3-5-7-14/h3-11H,12H2,1-2H3,(H2,21,22,23,24). The van der Waals surface area contributed by atoms with Crippen LogP contribution in [-0.2, 0) is 6.54 Å². The van der Waals surface area contributed by atoms with Crippen molar-refractivity contribution in [3.8, 4) is 5.75 Å². The van der Waals surface area contributed by atoms with E-state index in [1.54, 1.807) is 25.4 Å². The van der Waals surface area contributed by atoms with E-state index in [0.717, 1.165) is 11.3 Å². The quantitative estimate of drug-likeness (QED) is 0.665. The second-order valence-electron chi connectivity index (χ2n) is 5.53. The Kier molecular flexibility index (Phi) is 5.36. The third-order valence-electron chi connectivity index (χ3n) is 3.69. The first-order valence-corrected chi connectivity index (χ1v) is 8.25. The lowest BCUT2D eigenvalue weighted by Gasteiger charge is -2.13. The first kappa shape index (κ1) is 17.0. The number of benzene rings is 2. The number of hydrogen-bond acceptors (Lipinski definition) is 5. The molecule has 5 nitrogen and oxygen atoms in total. The topological polar surface area (TPSA) is 59.1 Å². The molecular formula is C19H19ClN4O. The molecule has 0 aliphatic carbocycles. The number of ether oxygens (including phenoxy) is 1. The molecule has 0 aliphatic rings. The molecule has 25 heavy (non-hydrogen) atoms. The van der Waals surface area contributed by atoms with Gasteiger partial charge in [0.15, 0.2) is 0 Å². The number of aryl methyl sites for hydroxylation is 1. The summed E-state index contributed by atoms with van der Waals surface area (Å²) >= 11 is 6.15. The molecular weight excluding hydrogens is 336 g/mol. The van der Waals surface area contributed by atoms with Crippen molar-refractivity contribution < 1.29 is 4.74 Å². The fourth-order valence-corrected chi connectivity index (χ4v) is 2.51. The Hall–Kier alpha value is -2.79. The van der Waals surface area contributed by atoms with E-state index >= 15 is 0 Å². The molecule has 3 rings (SSSR count). The number of rotatable bonds is 6. The summed E-state index contributed by atoms with van der Waals surface area (Å²) in [4.78, 5) is 8.74. The van der Waals surface area contributed by atoms with Crippen molar-refractivity contribution in [2.45, 2.75) is 13.5 Å². The van der Waals surface area contributed by atoms with Crippen molar-refractivity contribution >= 4 is 29.1 Å². The second-order valence-corrected chi connectivity index (χ2v) is 5.94. The third-order valence-corrected chi connectivity index (χ3v) is 4.10. The molecule has 0 unspecified atom stereocenters. The zero-order valence-corrected chi connectivity index (χ0v) is 14.8. The van der Waals surface area contributed by atoms with Gasteiger partial charge in [0.1, 0.15) is 11.6 Å². The van der Waals surface area contributed by atoms with Crippen LogP contribution in [0.2, 0.25) is 5.02 Å². The molecule has 3 aromatic rings. The minimum absolute atomic E-state index is 0.554. The molecule has 0 fully saturated rings. The Morgan fingerprint density at radius 1 is 1.12 bits per heavy atom. The van der Waals surface area contributed by atoms with Gasteiger partial charge in [-0.05, 0) is 30.2 Å². The predicted molar refractivity (Wildman–Crippen MR) is 102 cm³/mol. The van der Waals surface area contributed by atoms with E-state index in [0.29, 0.717) is 29.1 Å². The highest BCUT2D eigenvalue weighted by atomic mass is 35.5. The van der Waals surface area contributed by atoms with Gasteiger partial charge in [0.2, 0.25) is 5.95 Å². The number of nitrogens with zero attached hydrogens (tertiary/aromatic N) is 2. The van der Waals surface area contributed by atoms with Crippen LogP contribution in [-0.4, -0.2) is 17.1 Å². The van der Waals surface area contributed by atoms with Gasteiger partial charge >= 0.3 is 0 Å². The van der Waals surface area contributed by atoms with Crippen LogP contribution in [0.4, 0.5) is 17.5 Å². The Balaban J connectivity index is 1.75. The third kappa shape index (κ3) is 4.39. The molecule has 1 aromatic heterocycles. The summed E-state index contributed by atoms with van der Waals surface area (Å²) in [6.45, 7) is 2.60. The zero-order chi connectivity index (χ0) is 17.6. The first-order valence-electron chi connectivity index (χ1n) is 7.87. The maximum absolute atomic E-state index is 6.15. The van der Waals surface area contributed by atoms with Crippen LogP contribution in [0.3, 0.4) is 0 Å². The molecule has 0 atom stereocenters. The average molecular weight is 355 g/mol. The maximum atomic E-state index is 6.15. The van der Waals surface area contributed by atoms with Gasteiger partial charge in [-0.1, -0.05) is 41.9 Å². The van der Waals surface area contributed by atoms with E-state index in [-0.39, 0.29) is 0 Å². The molecule has 2 N–H and O–H groups in total. The van der Waals surface area contributed by atoms with Crippen LogP contribution in [0, 0.1) is 6.92 Å². The van der Waals surface area contributed by atoms with Crippen molar-refractivity contribution in [2.24, 2.45) is 0 Å². The van der Waals surface area contributed by atoms with Crippen LogP contribution in [0.25, 0.3) is 0 Å². The number of nitrogens with one attached hydrogen (secondary N) is 2. The predicted octanol–water partition coefficient (Wildman–Crippen LogP) is 4.80. The summed E-state index contributed by atoms with van der Waals surface area (Å²) in [7, 11) is 1.61. The second kappa shape index (κ2) is 7.85. The summed E-state index contributed by atoms with van der Waals surface area (Å²) in [5.74, 6) is 1.89. The number of hydrogen-bond donors (Lipinski definition) is 2. The molecule has 0 bridgehead atoms. The van der Waals surface area contributed by atoms with E-state index < -0.39 is 0 Å². The molecule has 0 spiro atoms. The fourth-order valence-electron chi connectivity index (χ4n) is 2.36. The summed E-state index contributed by atoms with van der Waals surface area (Å²) in [5, 5.41) is 7.14. The number of anilines is 3. The molecule has 0 radical (unpaired) electrons. The molecule has 0 aliphatic heterocycles. The summed E-state index contributed by atoms with van der Waals surface area (Å²) in [6.07, 6.45) is 1.71. The molecule has 1 heterocycles. The molecule has 0 saturated heterocycles. The highest BCUT2D eigenvalue weighted by Gasteiger charge is 2.08. The summed E-state index contributed by atoms with van der Waals surface area (Å²) in [5.41, 5.74) is 2.93. The molecule has 6 heteroatoms. The smallest absolute Gasteiger partial charge is 0.224 e. The monoisotopic (exact) mass is 354 g/mol. The van der Waals surface area contributed by atoms with Crippen molar-refractivity contribution in [1.82, 2.24) is 9.97 Å². The van der Waals surface area contributed by atoms with Crippen molar-refractivity contribution in [1.29, 1.82) is 0 Å². The highest BCUT2D eigenvalue weighted by molar-refractivity contribution is 6.31. The Bertz CT molecular complexity index is 855. The van der Waals surface area contributed by atoms with E-state index in [1.807, 2.05) is 31.2 Å². The largest absolute Gasteiger partial charge is 0.495 e. The fraction of sp³-hybridized carbons (Fsp3) is 0.158. The minimum Gasteiger partial charge on any atom is -0.495 e. The van der Waals surface area contributed by atoms with Crippen molar-refractivity contribution in [3.05, 3.63) is 70.9 Å². The van der Waals surface area contributed by atoms with Crippen LogP contribution in [0.5, 0.6) is 5.75 Å². The first-order chi connectivity index (χ1) is 12.2. The van der Waals surface area contributed by atoms with Gasteiger partial charge in [0.05, 0.1) is 12.8 Å². The van der Waals surface area contributed by atoms with Gasteiger partial charge in [-0.25, -0.2) is 4.98 Å². The van der Waals surface area contributed by atoms with Crippen LogP contribution < -0.4 is 15.4 Å². The minimum atomic E-state index is 0.554. The van der Waals surface area contributed by atoms with Gasteiger partial charge in [-0.3, -0.25) is 0 Å². The van der Waals surface area contributed by atoms with E-state index in [9.17, 15) is 0 Å². The molecule has 128 valence electrons. The average Bonchev–Trinajstić information content (AvgIpc) is 2.64. The lowest BCUT2D eigenvalue weighted by Crippen LogP contribution is -2.05. The van der Waals surface area contributed by atoms with E-state index in [2.05, 4.69) is 32.7 Å². The lowest BCUT2D eigenvalue weighted by molar-refractivity contribution is 0.416. The van der Waals surface area contributed by atoms with Crippen LogP contribution in [0.15, 0.2) is 54.7 Å². The Morgan fingerprint density at radius 3 is 2.68 bits per heavy atom. The normalized spacial score (nSPS) is 10.4. The Labute approximate surface area is 152 Å². The Morgan fingerprint density at radius 2 is 1.92 bits per heavy atom. The van der Waals surface area contributed by atoms with Gasteiger partial charge in [0, 0.05) is 23.8 Å². The summed E-state index contributed by atoms with van der Waals surface area (Å²) < 4.78 is 5.38. The van der Waals surface area contributed by atoms with Gasteiger partial charge in [0.25, 0.3) is 0 Å². The molecule has 0 amide bonds. The van der Waals surface area contributed by atoms with Crippen LogP contribution in [0.1, 0.15) is 11.1 Å².